The SMILES string of the molecule is CCC(C)CNC(=O)C1C(C)CCCC1N. The Hall–Kier alpha value is -0.570. The number of amides is 1. The second kappa shape index (κ2) is 6.24. The van der Waals surface area contributed by atoms with Gasteiger partial charge >= 0.3 is 0 Å². The summed E-state index contributed by atoms with van der Waals surface area (Å²) in [6, 6.07) is 0.0562. The maximum Gasteiger partial charge on any atom is 0.224 e. The molecule has 0 aliphatic heterocycles. The largest absolute Gasteiger partial charge is 0.356 e. The highest BCUT2D eigenvalue weighted by Gasteiger charge is 2.33. The van der Waals surface area contributed by atoms with E-state index in [1.165, 1.54) is 0 Å². The molecule has 1 aliphatic carbocycles. The summed E-state index contributed by atoms with van der Waals surface area (Å²) in [4.78, 5) is 12.0. The van der Waals surface area contributed by atoms with Crippen molar-refractivity contribution < 1.29 is 4.79 Å². The van der Waals surface area contributed by atoms with Crippen LogP contribution in [-0.4, -0.2) is 18.5 Å². The van der Waals surface area contributed by atoms with E-state index in [1.54, 1.807) is 0 Å². The van der Waals surface area contributed by atoms with E-state index in [9.17, 15) is 4.79 Å². The minimum Gasteiger partial charge on any atom is -0.356 e. The minimum atomic E-state index is 0.0257. The van der Waals surface area contributed by atoms with Crippen molar-refractivity contribution >= 4 is 5.91 Å². The third-order valence-electron chi connectivity index (χ3n) is 3.90. The van der Waals surface area contributed by atoms with Crippen molar-refractivity contribution in [2.45, 2.75) is 52.5 Å². The maximum absolute atomic E-state index is 12.0. The summed E-state index contributed by atoms with van der Waals surface area (Å²) in [7, 11) is 0. The molecule has 1 fully saturated rings. The van der Waals surface area contributed by atoms with Gasteiger partial charge in [0.05, 0.1) is 5.92 Å². The fourth-order valence-electron chi connectivity index (χ4n) is 2.45. The molecule has 0 saturated heterocycles. The average Bonchev–Trinajstić information content (AvgIpc) is 2.25. The van der Waals surface area contributed by atoms with Crippen molar-refractivity contribution in [3.63, 3.8) is 0 Å². The number of nitrogens with one attached hydrogen (secondary N) is 1. The molecule has 1 saturated carbocycles. The van der Waals surface area contributed by atoms with Gasteiger partial charge in [-0.3, -0.25) is 4.79 Å². The fraction of sp³-hybridized carbons (Fsp3) is 0.923. The van der Waals surface area contributed by atoms with Gasteiger partial charge in [-0.25, -0.2) is 0 Å². The summed E-state index contributed by atoms with van der Waals surface area (Å²) in [5, 5.41) is 3.04. The summed E-state index contributed by atoms with van der Waals surface area (Å²) >= 11 is 0. The van der Waals surface area contributed by atoms with Crippen LogP contribution in [0.2, 0.25) is 0 Å². The summed E-state index contributed by atoms with van der Waals surface area (Å²) in [6.07, 6.45) is 4.39. The first-order valence-electron chi connectivity index (χ1n) is 6.59. The van der Waals surface area contributed by atoms with Gasteiger partial charge in [0.1, 0.15) is 0 Å². The second-order valence-corrected chi connectivity index (χ2v) is 5.36. The van der Waals surface area contributed by atoms with Crippen LogP contribution in [0, 0.1) is 17.8 Å². The molecule has 1 aliphatic rings. The molecule has 3 nitrogen and oxygen atoms in total. The third-order valence-corrected chi connectivity index (χ3v) is 3.90. The highest BCUT2D eigenvalue weighted by atomic mass is 16.1. The molecule has 3 N–H and O–H groups in total. The van der Waals surface area contributed by atoms with E-state index < -0.39 is 0 Å². The zero-order valence-corrected chi connectivity index (χ0v) is 10.8. The highest BCUT2D eigenvalue weighted by Crippen LogP contribution is 2.28. The molecule has 0 aromatic carbocycles. The van der Waals surface area contributed by atoms with Crippen molar-refractivity contribution in [2.24, 2.45) is 23.5 Å². The second-order valence-electron chi connectivity index (χ2n) is 5.36. The number of hydrogen-bond donors (Lipinski definition) is 2. The van der Waals surface area contributed by atoms with Gasteiger partial charge in [0.25, 0.3) is 0 Å². The van der Waals surface area contributed by atoms with Crippen molar-refractivity contribution in [1.82, 2.24) is 5.32 Å². The van der Waals surface area contributed by atoms with Crippen molar-refractivity contribution in [3.05, 3.63) is 0 Å². The zero-order chi connectivity index (χ0) is 12.1. The van der Waals surface area contributed by atoms with Crippen LogP contribution in [0.5, 0.6) is 0 Å². The molecule has 16 heavy (non-hydrogen) atoms. The smallest absolute Gasteiger partial charge is 0.224 e. The first kappa shape index (κ1) is 13.5. The van der Waals surface area contributed by atoms with Crippen LogP contribution in [0.3, 0.4) is 0 Å². The number of carbonyl (C=O) groups is 1. The van der Waals surface area contributed by atoms with Gasteiger partial charge < -0.3 is 11.1 Å². The van der Waals surface area contributed by atoms with Crippen molar-refractivity contribution in [1.29, 1.82) is 0 Å². The number of hydrogen-bond acceptors (Lipinski definition) is 2. The quantitative estimate of drug-likeness (QED) is 0.769. The van der Waals surface area contributed by atoms with Crippen LogP contribution in [0.1, 0.15) is 46.5 Å². The Labute approximate surface area is 99.2 Å². The lowest BCUT2D eigenvalue weighted by molar-refractivity contribution is -0.128. The molecule has 1 rings (SSSR count). The van der Waals surface area contributed by atoms with Crippen LogP contribution >= 0.6 is 0 Å². The lowest BCUT2D eigenvalue weighted by atomic mass is 9.76. The van der Waals surface area contributed by atoms with E-state index in [0.29, 0.717) is 11.8 Å². The van der Waals surface area contributed by atoms with Crippen LogP contribution < -0.4 is 11.1 Å². The summed E-state index contributed by atoms with van der Waals surface area (Å²) in [6.45, 7) is 7.23. The Morgan fingerprint density at radius 1 is 1.50 bits per heavy atom. The van der Waals surface area contributed by atoms with Crippen LogP contribution in [0.25, 0.3) is 0 Å². The highest BCUT2D eigenvalue weighted by molar-refractivity contribution is 5.79. The standard InChI is InChI=1S/C13H26N2O/c1-4-9(2)8-15-13(16)12-10(3)6-5-7-11(12)14/h9-12H,4-8,14H2,1-3H3,(H,15,16). The summed E-state index contributed by atoms with van der Waals surface area (Å²) in [5.74, 6) is 1.18. The van der Waals surface area contributed by atoms with Crippen LogP contribution in [0.15, 0.2) is 0 Å². The fourth-order valence-corrected chi connectivity index (χ4v) is 2.45. The lowest BCUT2D eigenvalue weighted by Gasteiger charge is -2.33. The molecule has 3 heteroatoms. The first-order valence-corrected chi connectivity index (χ1v) is 6.59. The molecule has 0 spiro atoms. The molecular formula is C13H26N2O. The van der Waals surface area contributed by atoms with E-state index >= 15 is 0 Å². The van der Waals surface area contributed by atoms with Crippen LogP contribution in [-0.2, 0) is 4.79 Å². The van der Waals surface area contributed by atoms with Gasteiger partial charge in [0, 0.05) is 12.6 Å². The average molecular weight is 226 g/mol. The number of carbonyl (C=O) groups excluding carboxylic acids is 1. The lowest BCUT2D eigenvalue weighted by Crippen LogP contribution is -2.48. The molecule has 0 aromatic heterocycles. The van der Waals surface area contributed by atoms with Gasteiger partial charge in [0.15, 0.2) is 0 Å². The predicted molar refractivity (Wildman–Crippen MR) is 66.9 cm³/mol. The molecule has 0 bridgehead atoms. The Bertz CT molecular complexity index is 220. The van der Waals surface area contributed by atoms with Gasteiger partial charge in [0.2, 0.25) is 5.91 Å². The van der Waals surface area contributed by atoms with E-state index in [-0.39, 0.29) is 17.9 Å². The number of rotatable bonds is 4. The van der Waals surface area contributed by atoms with Gasteiger partial charge in [-0.2, -0.15) is 0 Å². The van der Waals surface area contributed by atoms with Gasteiger partial charge in [-0.15, -0.1) is 0 Å². The van der Waals surface area contributed by atoms with Crippen LogP contribution in [0.4, 0.5) is 0 Å². The Morgan fingerprint density at radius 3 is 2.75 bits per heavy atom. The Morgan fingerprint density at radius 2 is 2.19 bits per heavy atom. The van der Waals surface area contributed by atoms with E-state index in [1.807, 2.05) is 0 Å². The van der Waals surface area contributed by atoms with E-state index in [2.05, 4.69) is 26.1 Å². The molecule has 4 unspecified atom stereocenters. The molecule has 0 radical (unpaired) electrons. The molecule has 0 aromatic rings. The van der Waals surface area contributed by atoms with E-state index in [0.717, 1.165) is 32.2 Å². The minimum absolute atomic E-state index is 0.0257. The summed E-state index contributed by atoms with van der Waals surface area (Å²) in [5.41, 5.74) is 6.05. The third kappa shape index (κ3) is 3.48. The molecule has 0 heterocycles. The molecule has 4 atom stereocenters. The van der Waals surface area contributed by atoms with Crippen molar-refractivity contribution in [3.8, 4) is 0 Å². The molecule has 1 amide bonds. The molecular weight excluding hydrogens is 200 g/mol. The maximum atomic E-state index is 12.0. The van der Waals surface area contributed by atoms with Gasteiger partial charge in [-0.05, 0) is 24.7 Å². The first-order chi connectivity index (χ1) is 7.56. The predicted octanol–water partition coefficient (Wildman–Crippen LogP) is 1.91. The molecule has 94 valence electrons. The monoisotopic (exact) mass is 226 g/mol. The Balaban J connectivity index is 2.44. The van der Waals surface area contributed by atoms with Crippen molar-refractivity contribution in [2.75, 3.05) is 6.54 Å². The Kier molecular flexibility index (Phi) is 5.26. The zero-order valence-electron chi connectivity index (χ0n) is 10.8. The van der Waals surface area contributed by atoms with E-state index in [4.69, 9.17) is 5.73 Å². The number of nitrogens with two attached hydrogens (primary N) is 1. The van der Waals surface area contributed by atoms with Gasteiger partial charge in [-0.1, -0.05) is 33.6 Å². The summed E-state index contributed by atoms with van der Waals surface area (Å²) < 4.78 is 0. The topological polar surface area (TPSA) is 55.1 Å². The normalized spacial score (nSPS) is 32.1.